The van der Waals surface area contributed by atoms with Crippen LogP contribution in [0, 0.1) is 12.3 Å². The second-order valence-corrected chi connectivity index (χ2v) is 4.50. The van der Waals surface area contributed by atoms with Gasteiger partial charge in [0.1, 0.15) is 11.1 Å². The van der Waals surface area contributed by atoms with Gasteiger partial charge in [-0.05, 0) is 6.07 Å². The van der Waals surface area contributed by atoms with Crippen molar-refractivity contribution in [2.75, 3.05) is 0 Å². The van der Waals surface area contributed by atoms with E-state index in [9.17, 15) is 4.79 Å². The second kappa shape index (κ2) is 4.97. The Morgan fingerprint density at radius 1 is 1.82 bits per heavy atom. The number of terminal acetylenes is 1. The van der Waals surface area contributed by atoms with E-state index in [0.29, 0.717) is 12.2 Å². The van der Waals surface area contributed by atoms with E-state index in [2.05, 4.69) is 21.7 Å². The lowest BCUT2D eigenvalue weighted by Crippen LogP contribution is -2.32. The zero-order valence-electron chi connectivity index (χ0n) is 9.30. The molecule has 0 fully saturated rings. The number of nitrogens with one attached hydrogen (secondary N) is 2. The van der Waals surface area contributed by atoms with Crippen molar-refractivity contribution < 1.29 is 4.79 Å². The number of carbonyl (C=O) groups is 1. The van der Waals surface area contributed by atoms with E-state index in [4.69, 9.17) is 6.42 Å². The topological polar surface area (TPSA) is 59.0 Å². The molecule has 0 saturated carbocycles. The predicted molar refractivity (Wildman–Crippen MR) is 66.5 cm³/mol. The molecule has 1 atom stereocenters. The van der Waals surface area contributed by atoms with E-state index in [-0.39, 0.29) is 11.3 Å². The van der Waals surface area contributed by atoms with Gasteiger partial charge in [-0.3, -0.25) is 9.48 Å². The molecule has 0 saturated heterocycles. The SMILES string of the molecule is C#CC1NC(C(=O)NCc2ccn(C)n2)=CS1. The third-order valence-corrected chi connectivity index (χ3v) is 3.10. The number of thioether (sulfide) groups is 1. The van der Waals surface area contributed by atoms with Gasteiger partial charge >= 0.3 is 0 Å². The van der Waals surface area contributed by atoms with E-state index >= 15 is 0 Å². The minimum Gasteiger partial charge on any atom is -0.358 e. The van der Waals surface area contributed by atoms with Crippen molar-refractivity contribution in [2.24, 2.45) is 7.05 Å². The molecule has 1 aromatic rings. The van der Waals surface area contributed by atoms with Crippen LogP contribution < -0.4 is 10.6 Å². The first-order valence-corrected chi connectivity index (χ1v) is 5.98. The minimum atomic E-state index is -0.166. The highest BCUT2D eigenvalue weighted by molar-refractivity contribution is 8.03. The summed E-state index contributed by atoms with van der Waals surface area (Å²) in [7, 11) is 1.83. The number of amides is 1. The van der Waals surface area contributed by atoms with Crippen LogP contribution in [-0.2, 0) is 18.4 Å². The highest BCUT2D eigenvalue weighted by atomic mass is 32.2. The van der Waals surface area contributed by atoms with Gasteiger partial charge in [-0.2, -0.15) is 5.10 Å². The van der Waals surface area contributed by atoms with E-state index in [1.54, 1.807) is 10.1 Å². The molecule has 2 N–H and O–H groups in total. The maximum atomic E-state index is 11.7. The highest BCUT2D eigenvalue weighted by Crippen LogP contribution is 2.19. The second-order valence-electron chi connectivity index (χ2n) is 3.52. The van der Waals surface area contributed by atoms with Crippen LogP contribution in [0.4, 0.5) is 0 Å². The molecule has 0 bridgehead atoms. The number of hydrogen-bond acceptors (Lipinski definition) is 4. The maximum Gasteiger partial charge on any atom is 0.268 e. The van der Waals surface area contributed by atoms with Crippen LogP contribution in [-0.4, -0.2) is 21.1 Å². The number of hydrogen-bond donors (Lipinski definition) is 2. The average molecular weight is 248 g/mol. The molecule has 1 aliphatic heterocycles. The molecule has 0 spiro atoms. The van der Waals surface area contributed by atoms with E-state index in [0.717, 1.165) is 5.69 Å². The molecule has 1 aliphatic rings. The lowest BCUT2D eigenvalue weighted by molar-refractivity contribution is -0.118. The van der Waals surface area contributed by atoms with Crippen LogP contribution >= 0.6 is 11.8 Å². The Balaban J connectivity index is 1.85. The molecule has 0 aromatic carbocycles. The first-order chi connectivity index (χ1) is 8.19. The molecule has 6 heteroatoms. The Bertz CT molecular complexity index is 500. The van der Waals surface area contributed by atoms with Crippen LogP contribution in [0.15, 0.2) is 23.4 Å². The summed E-state index contributed by atoms with van der Waals surface area (Å²) in [5, 5.41) is 11.5. The largest absolute Gasteiger partial charge is 0.358 e. The molecule has 2 rings (SSSR count). The number of nitrogens with zero attached hydrogens (tertiary/aromatic N) is 2. The quantitative estimate of drug-likeness (QED) is 0.749. The fourth-order valence-electron chi connectivity index (χ4n) is 1.37. The van der Waals surface area contributed by atoms with Crippen molar-refractivity contribution in [2.45, 2.75) is 11.9 Å². The Morgan fingerprint density at radius 3 is 3.24 bits per heavy atom. The number of carbonyl (C=O) groups excluding carboxylic acids is 1. The minimum absolute atomic E-state index is 0.148. The summed E-state index contributed by atoms with van der Waals surface area (Å²) in [6.07, 6.45) is 7.08. The molecule has 5 nitrogen and oxygen atoms in total. The molecule has 2 heterocycles. The molecule has 1 amide bonds. The molecule has 0 aliphatic carbocycles. The monoisotopic (exact) mass is 248 g/mol. The summed E-state index contributed by atoms with van der Waals surface area (Å²) >= 11 is 1.41. The molecule has 1 unspecified atom stereocenters. The first-order valence-electron chi connectivity index (χ1n) is 5.04. The summed E-state index contributed by atoms with van der Waals surface area (Å²) < 4.78 is 1.69. The van der Waals surface area contributed by atoms with Gasteiger partial charge in [0.25, 0.3) is 5.91 Å². The van der Waals surface area contributed by atoms with Crippen molar-refractivity contribution in [3.05, 3.63) is 29.1 Å². The fraction of sp³-hybridized carbons (Fsp3) is 0.273. The van der Waals surface area contributed by atoms with Crippen LogP contribution in [0.3, 0.4) is 0 Å². The fourth-order valence-corrected chi connectivity index (χ4v) is 2.09. The Hall–Kier alpha value is -1.87. The zero-order chi connectivity index (χ0) is 12.3. The molecular formula is C11H12N4OS. The van der Waals surface area contributed by atoms with Gasteiger partial charge in [0.2, 0.25) is 0 Å². The Kier molecular flexibility index (Phi) is 3.40. The van der Waals surface area contributed by atoms with Gasteiger partial charge < -0.3 is 10.6 Å². The van der Waals surface area contributed by atoms with Gasteiger partial charge in [0, 0.05) is 18.7 Å². The summed E-state index contributed by atoms with van der Waals surface area (Å²) in [5.74, 6) is 2.36. The molecule has 1 aromatic heterocycles. The van der Waals surface area contributed by atoms with Gasteiger partial charge in [-0.1, -0.05) is 17.7 Å². The van der Waals surface area contributed by atoms with Crippen molar-refractivity contribution in [3.63, 3.8) is 0 Å². The van der Waals surface area contributed by atoms with Crippen LogP contribution in [0.1, 0.15) is 5.69 Å². The smallest absolute Gasteiger partial charge is 0.268 e. The van der Waals surface area contributed by atoms with E-state index in [1.807, 2.05) is 19.3 Å². The van der Waals surface area contributed by atoms with Gasteiger partial charge in [0.15, 0.2) is 0 Å². The zero-order valence-corrected chi connectivity index (χ0v) is 10.1. The Labute approximate surface area is 104 Å². The molecule has 0 radical (unpaired) electrons. The van der Waals surface area contributed by atoms with Gasteiger partial charge in [-0.15, -0.1) is 6.42 Å². The standard InChI is InChI=1S/C11H12N4OS/c1-3-10-13-9(7-17-10)11(16)12-6-8-4-5-15(2)14-8/h1,4-5,7,10,13H,6H2,2H3,(H,12,16). The average Bonchev–Trinajstić information content (AvgIpc) is 2.94. The third-order valence-electron chi connectivity index (χ3n) is 2.20. The summed E-state index contributed by atoms with van der Waals surface area (Å²) in [6.45, 7) is 0.407. The van der Waals surface area contributed by atoms with Crippen LogP contribution in [0.25, 0.3) is 0 Å². The molecule has 17 heavy (non-hydrogen) atoms. The normalized spacial score (nSPS) is 18.1. The van der Waals surface area contributed by atoms with Gasteiger partial charge in [-0.25, -0.2) is 0 Å². The van der Waals surface area contributed by atoms with Crippen molar-refractivity contribution in [1.29, 1.82) is 0 Å². The van der Waals surface area contributed by atoms with Crippen molar-refractivity contribution in [3.8, 4) is 12.3 Å². The van der Waals surface area contributed by atoms with Crippen molar-refractivity contribution in [1.82, 2.24) is 20.4 Å². The van der Waals surface area contributed by atoms with E-state index < -0.39 is 0 Å². The lowest BCUT2D eigenvalue weighted by Gasteiger charge is -2.06. The number of aryl methyl sites for hydroxylation is 1. The van der Waals surface area contributed by atoms with Crippen LogP contribution in [0.5, 0.6) is 0 Å². The van der Waals surface area contributed by atoms with Crippen LogP contribution in [0.2, 0.25) is 0 Å². The summed E-state index contributed by atoms with van der Waals surface area (Å²) in [4.78, 5) is 11.7. The maximum absolute atomic E-state index is 11.7. The number of aromatic nitrogens is 2. The number of rotatable bonds is 3. The highest BCUT2D eigenvalue weighted by Gasteiger charge is 2.19. The summed E-state index contributed by atoms with van der Waals surface area (Å²) in [5.41, 5.74) is 1.33. The molecule has 88 valence electrons. The predicted octanol–water partition coefficient (Wildman–Crippen LogP) is 0.173. The molecular weight excluding hydrogens is 236 g/mol. The van der Waals surface area contributed by atoms with E-state index in [1.165, 1.54) is 11.8 Å². The van der Waals surface area contributed by atoms with Gasteiger partial charge in [0.05, 0.1) is 12.2 Å². The first kappa shape index (κ1) is 11.6. The Morgan fingerprint density at radius 2 is 2.65 bits per heavy atom. The third kappa shape index (κ3) is 2.82. The summed E-state index contributed by atoms with van der Waals surface area (Å²) in [6, 6.07) is 1.86. The van der Waals surface area contributed by atoms with Crippen molar-refractivity contribution >= 4 is 17.7 Å². The lowest BCUT2D eigenvalue weighted by atomic mass is 10.4.